The zero-order valence-corrected chi connectivity index (χ0v) is 12.9. The Labute approximate surface area is 115 Å². The molecule has 1 aliphatic carbocycles. The summed E-state index contributed by atoms with van der Waals surface area (Å²) in [5.74, 6) is -0.423. The Kier molecular flexibility index (Phi) is 3.26. The summed E-state index contributed by atoms with van der Waals surface area (Å²) in [6.45, 7) is 8.16. The first kappa shape index (κ1) is 14.8. The quantitative estimate of drug-likeness (QED) is 0.765. The Morgan fingerprint density at radius 2 is 1.74 bits per heavy atom. The van der Waals surface area contributed by atoms with Crippen LogP contribution in [0.3, 0.4) is 0 Å². The van der Waals surface area contributed by atoms with Crippen LogP contribution in [0, 0.1) is 16.7 Å². The van der Waals surface area contributed by atoms with Crippen molar-refractivity contribution >= 4 is 15.7 Å². The van der Waals surface area contributed by atoms with Gasteiger partial charge in [0.15, 0.2) is 9.84 Å². The van der Waals surface area contributed by atoms with Crippen molar-refractivity contribution in [3.63, 3.8) is 0 Å². The van der Waals surface area contributed by atoms with E-state index in [0.717, 1.165) is 0 Å². The molecule has 1 aliphatic heterocycles. The summed E-state index contributed by atoms with van der Waals surface area (Å²) in [5, 5.41) is 3.02. The van der Waals surface area contributed by atoms with Gasteiger partial charge in [0.2, 0.25) is 5.91 Å². The second-order valence-corrected chi connectivity index (χ2v) is 9.39. The molecule has 1 heterocycles. The van der Waals surface area contributed by atoms with Crippen molar-refractivity contribution in [2.24, 2.45) is 22.5 Å². The average Bonchev–Trinajstić information content (AvgIpc) is 2.64. The van der Waals surface area contributed by atoms with Crippen LogP contribution in [-0.4, -0.2) is 37.9 Å². The largest absolute Gasteiger partial charge is 0.352 e. The highest BCUT2D eigenvalue weighted by atomic mass is 32.2. The van der Waals surface area contributed by atoms with E-state index < -0.39 is 15.8 Å². The molecule has 3 N–H and O–H groups in total. The fraction of sp³-hybridized carbons (Fsp3) is 0.923. The Hall–Kier alpha value is -0.620. The lowest BCUT2D eigenvalue weighted by Crippen LogP contribution is -2.76. The maximum absolute atomic E-state index is 12.2. The van der Waals surface area contributed by atoms with Crippen LogP contribution in [-0.2, 0) is 14.6 Å². The van der Waals surface area contributed by atoms with E-state index in [9.17, 15) is 13.2 Å². The Morgan fingerprint density at radius 3 is 2.16 bits per heavy atom. The molecule has 6 heteroatoms. The molecule has 0 aromatic heterocycles. The molecule has 0 aromatic rings. The van der Waals surface area contributed by atoms with Gasteiger partial charge in [-0.1, -0.05) is 27.7 Å². The third-order valence-corrected chi connectivity index (χ3v) is 6.75. The minimum atomic E-state index is -3.02. The lowest BCUT2D eigenvalue weighted by molar-refractivity contribution is -0.135. The third kappa shape index (κ3) is 2.29. The van der Waals surface area contributed by atoms with Gasteiger partial charge in [0.25, 0.3) is 0 Å². The van der Waals surface area contributed by atoms with Gasteiger partial charge in [-0.2, -0.15) is 0 Å². The zero-order chi connectivity index (χ0) is 14.6. The number of hydrogen-bond donors (Lipinski definition) is 2. The number of nitrogens with one attached hydrogen (secondary N) is 1. The molecule has 0 aromatic carbocycles. The SMILES string of the molecule is CC1(C)C(N)C(C)(C)C1NC(=O)C1CCS(=O)(=O)C1. The molecule has 19 heavy (non-hydrogen) atoms. The predicted octanol–water partition coefficient (Wildman–Crippen LogP) is 0.299. The third-order valence-electron chi connectivity index (χ3n) is 4.98. The van der Waals surface area contributed by atoms with E-state index in [2.05, 4.69) is 5.32 Å². The van der Waals surface area contributed by atoms with Crippen LogP contribution in [0.4, 0.5) is 0 Å². The topological polar surface area (TPSA) is 89.3 Å². The van der Waals surface area contributed by atoms with Gasteiger partial charge >= 0.3 is 0 Å². The van der Waals surface area contributed by atoms with Crippen LogP contribution >= 0.6 is 0 Å². The molecule has 0 bridgehead atoms. The first-order valence-electron chi connectivity index (χ1n) is 6.75. The van der Waals surface area contributed by atoms with Gasteiger partial charge in [0.1, 0.15) is 0 Å². The molecule has 110 valence electrons. The molecule has 0 radical (unpaired) electrons. The highest BCUT2D eigenvalue weighted by Gasteiger charge is 2.60. The Balaban J connectivity index is 2.04. The zero-order valence-electron chi connectivity index (χ0n) is 12.1. The fourth-order valence-corrected chi connectivity index (χ4v) is 5.56. The van der Waals surface area contributed by atoms with Gasteiger partial charge < -0.3 is 11.1 Å². The average molecular weight is 288 g/mol. The summed E-state index contributed by atoms with van der Waals surface area (Å²) in [7, 11) is -3.02. The van der Waals surface area contributed by atoms with Crippen LogP contribution in [0.2, 0.25) is 0 Å². The summed E-state index contributed by atoms with van der Waals surface area (Å²) in [4.78, 5) is 12.2. The summed E-state index contributed by atoms with van der Waals surface area (Å²) in [5.41, 5.74) is 5.84. The molecule has 2 fully saturated rings. The Bertz CT molecular complexity index is 480. The molecule has 0 spiro atoms. The maximum Gasteiger partial charge on any atom is 0.224 e. The monoisotopic (exact) mass is 288 g/mol. The van der Waals surface area contributed by atoms with E-state index >= 15 is 0 Å². The number of amides is 1. The van der Waals surface area contributed by atoms with Crippen molar-refractivity contribution in [3.05, 3.63) is 0 Å². The number of carbonyl (C=O) groups excluding carboxylic acids is 1. The summed E-state index contributed by atoms with van der Waals surface area (Å²) in [6.07, 6.45) is 0.438. The lowest BCUT2D eigenvalue weighted by Gasteiger charge is -2.63. The molecule has 1 unspecified atom stereocenters. The summed E-state index contributed by atoms with van der Waals surface area (Å²) >= 11 is 0. The number of carbonyl (C=O) groups is 1. The number of rotatable bonds is 2. The highest BCUT2D eigenvalue weighted by molar-refractivity contribution is 7.91. The second kappa shape index (κ2) is 4.19. The minimum absolute atomic E-state index is 0.00851. The van der Waals surface area contributed by atoms with Crippen molar-refractivity contribution in [1.29, 1.82) is 0 Å². The normalized spacial score (nSPS) is 38.5. The van der Waals surface area contributed by atoms with E-state index in [1.807, 2.05) is 27.7 Å². The van der Waals surface area contributed by atoms with Crippen LogP contribution in [0.1, 0.15) is 34.1 Å². The highest BCUT2D eigenvalue weighted by Crippen LogP contribution is 2.52. The molecule has 1 atom stereocenters. The van der Waals surface area contributed by atoms with E-state index in [1.165, 1.54) is 0 Å². The van der Waals surface area contributed by atoms with E-state index in [1.54, 1.807) is 0 Å². The molecule has 1 saturated heterocycles. The second-order valence-electron chi connectivity index (χ2n) is 7.16. The smallest absolute Gasteiger partial charge is 0.224 e. The van der Waals surface area contributed by atoms with Gasteiger partial charge in [0.05, 0.1) is 17.4 Å². The molecular weight excluding hydrogens is 264 g/mol. The van der Waals surface area contributed by atoms with Crippen molar-refractivity contribution in [3.8, 4) is 0 Å². The van der Waals surface area contributed by atoms with Gasteiger partial charge in [-0.15, -0.1) is 0 Å². The predicted molar refractivity (Wildman–Crippen MR) is 74.2 cm³/mol. The molecule has 1 saturated carbocycles. The fourth-order valence-electron chi connectivity index (χ4n) is 3.81. The van der Waals surface area contributed by atoms with E-state index in [0.29, 0.717) is 6.42 Å². The summed E-state index contributed by atoms with van der Waals surface area (Å²) in [6, 6.07) is 0.0171. The molecule has 2 aliphatic rings. The standard InChI is InChI=1S/C13H24N2O3S/c1-12(2)10(14)13(3,4)11(12)15-9(16)8-5-6-19(17,18)7-8/h8,10-11H,5-7,14H2,1-4H3,(H,15,16). The van der Waals surface area contributed by atoms with Crippen LogP contribution in [0.25, 0.3) is 0 Å². The van der Waals surface area contributed by atoms with Crippen molar-refractivity contribution < 1.29 is 13.2 Å². The van der Waals surface area contributed by atoms with Gasteiger partial charge in [0, 0.05) is 22.9 Å². The Morgan fingerprint density at radius 1 is 1.21 bits per heavy atom. The van der Waals surface area contributed by atoms with Crippen LogP contribution < -0.4 is 11.1 Å². The summed E-state index contributed by atoms with van der Waals surface area (Å²) < 4.78 is 22.8. The molecule has 2 rings (SSSR count). The van der Waals surface area contributed by atoms with Gasteiger partial charge in [-0.3, -0.25) is 4.79 Å². The van der Waals surface area contributed by atoms with Crippen molar-refractivity contribution in [1.82, 2.24) is 5.32 Å². The number of hydrogen-bond acceptors (Lipinski definition) is 4. The lowest BCUT2D eigenvalue weighted by atomic mass is 9.48. The first-order valence-corrected chi connectivity index (χ1v) is 8.57. The number of nitrogens with two attached hydrogens (primary N) is 1. The maximum atomic E-state index is 12.2. The van der Waals surface area contributed by atoms with E-state index in [4.69, 9.17) is 5.73 Å². The van der Waals surface area contributed by atoms with Crippen molar-refractivity contribution in [2.45, 2.75) is 46.2 Å². The van der Waals surface area contributed by atoms with Gasteiger partial charge in [-0.25, -0.2) is 8.42 Å². The van der Waals surface area contributed by atoms with E-state index in [-0.39, 0.29) is 40.3 Å². The molecule has 1 amide bonds. The molecule has 5 nitrogen and oxygen atoms in total. The van der Waals surface area contributed by atoms with Crippen molar-refractivity contribution in [2.75, 3.05) is 11.5 Å². The number of sulfone groups is 1. The first-order chi connectivity index (χ1) is 8.48. The van der Waals surface area contributed by atoms with Crippen LogP contribution in [0.5, 0.6) is 0 Å². The van der Waals surface area contributed by atoms with Crippen LogP contribution in [0.15, 0.2) is 0 Å². The van der Waals surface area contributed by atoms with Gasteiger partial charge in [-0.05, 0) is 6.42 Å². The minimum Gasteiger partial charge on any atom is -0.352 e. The molecular formula is C13H24N2O3S.